The van der Waals surface area contributed by atoms with Crippen LogP contribution in [0.5, 0.6) is 5.75 Å². The number of rotatable bonds is 9. The molecule has 0 bridgehead atoms. The van der Waals surface area contributed by atoms with Gasteiger partial charge in [0, 0.05) is 32.6 Å². The molecule has 1 atom stereocenters. The van der Waals surface area contributed by atoms with Crippen molar-refractivity contribution in [3.8, 4) is 5.75 Å². The lowest BCUT2D eigenvalue weighted by atomic mass is 10.0. The van der Waals surface area contributed by atoms with Crippen LogP contribution in [0.25, 0.3) is 0 Å². The number of aliphatic imine (C=N–C) groups is 1. The highest BCUT2D eigenvalue weighted by atomic mass is 127. The number of nitrogens with zero attached hydrogens (tertiary/aromatic N) is 2. The molecule has 7 nitrogen and oxygen atoms in total. The van der Waals surface area contributed by atoms with Gasteiger partial charge in [-0.2, -0.15) is 0 Å². The second kappa shape index (κ2) is 13.0. The smallest absolute Gasteiger partial charge is 0.223 e. The molecule has 1 aliphatic heterocycles. The topological polar surface area (TPSA) is 78.0 Å². The molecule has 1 aliphatic carbocycles. The van der Waals surface area contributed by atoms with Crippen LogP contribution in [-0.4, -0.2) is 63.6 Å². The van der Waals surface area contributed by atoms with Crippen molar-refractivity contribution in [2.24, 2.45) is 10.9 Å². The largest absolute Gasteiger partial charge is 0.497 e. The number of likely N-dealkylation sites (tertiary alicyclic amines) is 1. The number of amides is 1. The standard InChI is InChI=1S/C22H35N5O2.HI/c1-23-22(25-13-12-24-21(28)18-6-7-18)26-16-20(27-14-4-3-5-15-27)17-8-10-19(29-2)11-9-17;/h8-11,18,20H,3-7,12-16H2,1-2H3,(H,24,28)(H2,23,25,26);1H. The minimum Gasteiger partial charge on any atom is -0.497 e. The molecule has 2 fully saturated rings. The zero-order valence-electron chi connectivity index (χ0n) is 18.2. The van der Waals surface area contributed by atoms with E-state index in [2.05, 4.69) is 38.0 Å². The Hall–Kier alpha value is -1.55. The summed E-state index contributed by atoms with van der Waals surface area (Å²) in [6.07, 6.45) is 5.88. The lowest BCUT2D eigenvalue weighted by molar-refractivity contribution is -0.122. The summed E-state index contributed by atoms with van der Waals surface area (Å²) >= 11 is 0. The Morgan fingerprint density at radius 1 is 1.10 bits per heavy atom. The predicted molar refractivity (Wildman–Crippen MR) is 132 cm³/mol. The van der Waals surface area contributed by atoms with Gasteiger partial charge < -0.3 is 20.7 Å². The van der Waals surface area contributed by atoms with E-state index in [4.69, 9.17) is 4.74 Å². The highest BCUT2D eigenvalue weighted by molar-refractivity contribution is 14.0. The van der Waals surface area contributed by atoms with E-state index >= 15 is 0 Å². The Bertz CT molecular complexity index is 673. The average Bonchev–Trinajstić information content (AvgIpc) is 3.62. The van der Waals surface area contributed by atoms with Crippen molar-refractivity contribution in [1.29, 1.82) is 0 Å². The molecule has 0 spiro atoms. The lowest BCUT2D eigenvalue weighted by Gasteiger charge is -2.35. The Kier molecular flexibility index (Phi) is 10.7. The van der Waals surface area contributed by atoms with Gasteiger partial charge in [-0.15, -0.1) is 24.0 Å². The molecule has 3 rings (SSSR count). The SMILES string of the molecule is CN=C(NCCNC(=O)C1CC1)NCC(c1ccc(OC)cc1)N1CCCCC1.I. The van der Waals surface area contributed by atoms with E-state index in [0.717, 1.165) is 44.2 Å². The number of halogens is 1. The van der Waals surface area contributed by atoms with Gasteiger partial charge >= 0.3 is 0 Å². The van der Waals surface area contributed by atoms with Crippen LogP contribution in [-0.2, 0) is 4.79 Å². The maximum atomic E-state index is 11.7. The fourth-order valence-corrected chi connectivity index (χ4v) is 3.78. The summed E-state index contributed by atoms with van der Waals surface area (Å²) in [5.41, 5.74) is 1.28. The van der Waals surface area contributed by atoms with Crippen LogP contribution in [0.15, 0.2) is 29.3 Å². The number of guanidine groups is 1. The normalized spacial score (nSPS) is 18.1. The van der Waals surface area contributed by atoms with Crippen LogP contribution >= 0.6 is 24.0 Å². The molecular weight excluding hydrogens is 493 g/mol. The van der Waals surface area contributed by atoms with Gasteiger partial charge in [0.2, 0.25) is 5.91 Å². The second-order valence-corrected chi connectivity index (χ2v) is 7.83. The highest BCUT2D eigenvalue weighted by Crippen LogP contribution is 2.28. The van der Waals surface area contributed by atoms with E-state index in [0.29, 0.717) is 13.1 Å². The summed E-state index contributed by atoms with van der Waals surface area (Å²) < 4.78 is 5.31. The molecule has 1 saturated carbocycles. The van der Waals surface area contributed by atoms with Crippen molar-refractivity contribution in [2.75, 3.05) is 46.9 Å². The molecule has 0 radical (unpaired) electrons. The molecule has 1 aromatic rings. The van der Waals surface area contributed by atoms with Crippen molar-refractivity contribution in [3.05, 3.63) is 29.8 Å². The Labute approximate surface area is 197 Å². The van der Waals surface area contributed by atoms with Gasteiger partial charge in [-0.25, -0.2) is 0 Å². The first-order chi connectivity index (χ1) is 14.2. The predicted octanol–water partition coefficient (Wildman–Crippen LogP) is 2.53. The summed E-state index contributed by atoms with van der Waals surface area (Å²) in [4.78, 5) is 18.6. The van der Waals surface area contributed by atoms with Crippen molar-refractivity contribution in [3.63, 3.8) is 0 Å². The molecule has 1 unspecified atom stereocenters. The first-order valence-electron chi connectivity index (χ1n) is 10.8. The highest BCUT2D eigenvalue weighted by Gasteiger charge is 2.29. The van der Waals surface area contributed by atoms with Crippen LogP contribution < -0.4 is 20.7 Å². The third-order valence-electron chi connectivity index (χ3n) is 5.68. The fraction of sp³-hybridized carbons (Fsp3) is 0.636. The number of carbonyl (C=O) groups is 1. The molecular formula is C22H36IN5O2. The van der Waals surface area contributed by atoms with Crippen LogP contribution in [0.4, 0.5) is 0 Å². The second-order valence-electron chi connectivity index (χ2n) is 7.83. The molecule has 1 aromatic carbocycles. The third-order valence-corrected chi connectivity index (χ3v) is 5.68. The Morgan fingerprint density at radius 2 is 1.77 bits per heavy atom. The number of methoxy groups -OCH3 is 1. The lowest BCUT2D eigenvalue weighted by Crippen LogP contribution is -2.46. The van der Waals surface area contributed by atoms with E-state index in [9.17, 15) is 4.79 Å². The number of hydrogen-bond donors (Lipinski definition) is 3. The maximum absolute atomic E-state index is 11.7. The summed E-state index contributed by atoms with van der Waals surface area (Å²) in [6, 6.07) is 8.66. The molecule has 30 heavy (non-hydrogen) atoms. The molecule has 0 aromatic heterocycles. The number of piperidine rings is 1. The molecule has 1 amide bonds. The fourth-order valence-electron chi connectivity index (χ4n) is 3.78. The molecule has 3 N–H and O–H groups in total. The number of ether oxygens (including phenoxy) is 1. The Balaban J connectivity index is 0.00000320. The maximum Gasteiger partial charge on any atom is 0.223 e. The van der Waals surface area contributed by atoms with E-state index < -0.39 is 0 Å². The van der Waals surface area contributed by atoms with E-state index in [-0.39, 0.29) is 41.8 Å². The van der Waals surface area contributed by atoms with Gasteiger partial charge in [0.15, 0.2) is 5.96 Å². The summed E-state index contributed by atoms with van der Waals surface area (Å²) in [5, 5.41) is 9.74. The molecule has 168 valence electrons. The number of carbonyl (C=O) groups excluding carboxylic acids is 1. The van der Waals surface area contributed by atoms with Gasteiger partial charge in [0.1, 0.15) is 5.75 Å². The molecule has 1 heterocycles. The minimum absolute atomic E-state index is 0. The quantitative estimate of drug-likeness (QED) is 0.199. The molecule has 1 saturated heterocycles. The van der Waals surface area contributed by atoms with Crippen LogP contribution in [0.2, 0.25) is 0 Å². The van der Waals surface area contributed by atoms with E-state index in [1.54, 1.807) is 14.2 Å². The summed E-state index contributed by atoms with van der Waals surface area (Å²) in [7, 11) is 3.48. The van der Waals surface area contributed by atoms with E-state index in [1.807, 2.05) is 12.1 Å². The van der Waals surface area contributed by atoms with Crippen molar-refractivity contribution in [1.82, 2.24) is 20.9 Å². The van der Waals surface area contributed by atoms with Crippen LogP contribution in [0.3, 0.4) is 0 Å². The van der Waals surface area contributed by atoms with Gasteiger partial charge in [-0.1, -0.05) is 18.6 Å². The minimum atomic E-state index is 0. The zero-order valence-corrected chi connectivity index (χ0v) is 20.5. The van der Waals surface area contributed by atoms with Gasteiger partial charge in [-0.05, 0) is 56.5 Å². The van der Waals surface area contributed by atoms with Crippen molar-refractivity contribution in [2.45, 2.75) is 38.1 Å². The first-order valence-corrected chi connectivity index (χ1v) is 10.8. The number of hydrogen-bond acceptors (Lipinski definition) is 4. The average molecular weight is 529 g/mol. The first kappa shape index (κ1) is 24.7. The van der Waals surface area contributed by atoms with Gasteiger partial charge in [-0.3, -0.25) is 14.7 Å². The number of benzene rings is 1. The summed E-state index contributed by atoms with van der Waals surface area (Å²) in [5.74, 6) is 2.08. The van der Waals surface area contributed by atoms with Crippen molar-refractivity contribution >= 4 is 35.8 Å². The molecule has 8 heteroatoms. The zero-order chi connectivity index (χ0) is 20.5. The van der Waals surface area contributed by atoms with Crippen molar-refractivity contribution < 1.29 is 9.53 Å². The van der Waals surface area contributed by atoms with Crippen LogP contribution in [0.1, 0.15) is 43.7 Å². The number of nitrogens with one attached hydrogen (secondary N) is 3. The monoisotopic (exact) mass is 529 g/mol. The third kappa shape index (κ3) is 7.61. The van der Waals surface area contributed by atoms with Gasteiger partial charge in [0.05, 0.1) is 13.2 Å². The van der Waals surface area contributed by atoms with E-state index in [1.165, 1.54) is 24.8 Å². The Morgan fingerprint density at radius 3 is 2.37 bits per heavy atom. The van der Waals surface area contributed by atoms with Gasteiger partial charge in [0.25, 0.3) is 0 Å². The molecule has 2 aliphatic rings. The summed E-state index contributed by atoms with van der Waals surface area (Å²) in [6.45, 7) is 4.30. The van der Waals surface area contributed by atoms with Crippen LogP contribution in [0, 0.1) is 5.92 Å².